The van der Waals surface area contributed by atoms with E-state index in [4.69, 9.17) is 0 Å². The molecular weight excluding hydrogens is 274 g/mol. The molecule has 2 aromatic carbocycles. The first-order chi connectivity index (χ1) is 9.82. The smallest absolute Gasteiger partial charge is 0.295 e. The molecule has 2 aromatic rings. The lowest BCUT2D eigenvalue weighted by Crippen LogP contribution is -2.12. The summed E-state index contributed by atoms with van der Waals surface area (Å²) in [6.45, 7) is 2.69. The number of rotatable bonds is 2. The van der Waals surface area contributed by atoms with Gasteiger partial charge in [-0.2, -0.15) is 8.78 Å². The highest BCUT2D eigenvalue weighted by Crippen LogP contribution is 2.51. The average molecular weight is 286 g/mol. The molecule has 0 N–H and O–H groups in total. The SMILES string of the molecule is CC(=O)c1ccc2c(c1)C(F)(F)c1cc(C(C)=O)ccc1-2. The number of Topliss-reactive ketones (excluding diaryl/α,β-unsaturated/α-hetero) is 2. The second-order valence-electron chi connectivity index (χ2n) is 5.21. The number of ketones is 2. The van der Waals surface area contributed by atoms with Gasteiger partial charge in [-0.05, 0) is 37.1 Å². The normalized spacial score (nSPS) is 14.5. The van der Waals surface area contributed by atoms with E-state index in [-0.39, 0.29) is 33.8 Å². The number of hydrogen-bond acceptors (Lipinski definition) is 2. The van der Waals surface area contributed by atoms with Crippen molar-refractivity contribution in [1.82, 2.24) is 0 Å². The van der Waals surface area contributed by atoms with Crippen molar-refractivity contribution < 1.29 is 18.4 Å². The lowest BCUT2D eigenvalue weighted by atomic mass is 10.0. The fraction of sp³-hybridized carbons (Fsp3) is 0.176. The van der Waals surface area contributed by atoms with Crippen molar-refractivity contribution in [3.05, 3.63) is 58.7 Å². The minimum absolute atomic E-state index is 0.175. The fourth-order valence-corrected chi connectivity index (χ4v) is 2.66. The summed E-state index contributed by atoms with van der Waals surface area (Å²) >= 11 is 0. The molecule has 0 fully saturated rings. The summed E-state index contributed by atoms with van der Waals surface area (Å²) < 4.78 is 29.2. The first-order valence-corrected chi connectivity index (χ1v) is 6.51. The number of benzene rings is 2. The molecule has 3 rings (SSSR count). The van der Waals surface area contributed by atoms with E-state index in [1.807, 2.05) is 0 Å². The summed E-state index contributed by atoms with van der Waals surface area (Å²) in [7, 11) is 0. The molecule has 2 nitrogen and oxygen atoms in total. The number of carbonyl (C=O) groups is 2. The Morgan fingerprint density at radius 2 is 1.19 bits per heavy atom. The lowest BCUT2D eigenvalue weighted by Gasteiger charge is -2.13. The maximum absolute atomic E-state index is 14.6. The van der Waals surface area contributed by atoms with Gasteiger partial charge in [-0.15, -0.1) is 0 Å². The van der Waals surface area contributed by atoms with Crippen molar-refractivity contribution in [3.8, 4) is 11.1 Å². The van der Waals surface area contributed by atoms with Gasteiger partial charge >= 0.3 is 0 Å². The number of carbonyl (C=O) groups excluding carboxylic acids is 2. The maximum atomic E-state index is 14.6. The molecule has 4 heteroatoms. The van der Waals surface area contributed by atoms with Crippen LogP contribution in [0.25, 0.3) is 11.1 Å². The van der Waals surface area contributed by atoms with Gasteiger partial charge in [-0.1, -0.05) is 24.3 Å². The van der Waals surface area contributed by atoms with Crippen molar-refractivity contribution in [2.24, 2.45) is 0 Å². The molecule has 0 aliphatic heterocycles. The molecule has 0 saturated heterocycles. The Hall–Kier alpha value is -2.36. The van der Waals surface area contributed by atoms with E-state index >= 15 is 0 Å². The van der Waals surface area contributed by atoms with Gasteiger partial charge in [-0.25, -0.2) is 0 Å². The molecule has 0 atom stereocenters. The molecule has 0 bridgehead atoms. The summed E-state index contributed by atoms with van der Waals surface area (Å²) in [6.07, 6.45) is 0. The maximum Gasteiger partial charge on any atom is 0.299 e. The molecular formula is C17H12F2O2. The van der Waals surface area contributed by atoms with Crippen LogP contribution in [0.4, 0.5) is 8.78 Å². The highest BCUT2D eigenvalue weighted by atomic mass is 19.3. The third-order valence-electron chi connectivity index (χ3n) is 3.82. The number of hydrogen-bond donors (Lipinski definition) is 0. The molecule has 21 heavy (non-hydrogen) atoms. The van der Waals surface area contributed by atoms with Crippen LogP contribution in [0.1, 0.15) is 45.7 Å². The van der Waals surface area contributed by atoms with E-state index < -0.39 is 5.92 Å². The molecule has 0 unspecified atom stereocenters. The van der Waals surface area contributed by atoms with Crippen LogP contribution < -0.4 is 0 Å². The minimum atomic E-state index is -3.19. The summed E-state index contributed by atoms with van der Waals surface area (Å²) in [4.78, 5) is 22.8. The van der Waals surface area contributed by atoms with Gasteiger partial charge < -0.3 is 0 Å². The summed E-state index contributed by atoms with van der Waals surface area (Å²) in [5, 5.41) is 0. The van der Waals surface area contributed by atoms with Gasteiger partial charge in [0.05, 0.1) is 0 Å². The molecule has 1 aliphatic rings. The zero-order valence-electron chi connectivity index (χ0n) is 11.5. The van der Waals surface area contributed by atoms with Gasteiger partial charge in [0.25, 0.3) is 5.92 Å². The van der Waals surface area contributed by atoms with Gasteiger partial charge in [0.2, 0.25) is 0 Å². The number of alkyl halides is 2. The predicted octanol–water partition coefficient (Wildman–Crippen LogP) is 4.21. The van der Waals surface area contributed by atoms with E-state index in [1.165, 1.54) is 26.0 Å². The van der Waals surface area contributed by atoms with Crippen LogP contribution in [0.15, 0.2) is 36.4 Å². The Bertz CT molecular complexity index is 726. The van der Waals surface area contributed by atoms with E-state index in [2.05, 4.69) is 0 Å². The van der Waals surface area contributed by atoms with Crippen molar-refractivity contribution >= 4 is 11.6 Å². The molecule has 0 amide bonds. The minimum Gasteiger partial charge on any atom is -0.295 e. The third kappa shape index (κ3) is 1.90. The lowest BCUT2D eigenvalue weighted by molar-refractivity contribution is 0.0479. The molecule has 0 saturated carbocycles. The van der Waals surface area contributed by atoms with Gasteiger partial charge in [0.1, 0.15) is 0 Å². The Morgan fingerprint density at radius 3 is 1.52 bits per heavy atom. The Morgan fingerprint density at radius 1 is 0.810 bits per heavy atom. The van der Waals surface area contributed by atoms with Gasteiger partial charge in [0, 0.05) is 22.3 Å². The number of halogens is 2. The van der Waals surface area contributed by atoms with E-state index in [1.54, 1.807) is 24.3 Å². The van der Waals surface area contributed by atoms with Crippen molar-refractivity contribution in [3.63, 3.8) is 0 Å². The van der Waals surface area contributed by atoms with Gasteiger partial charge in [-0.3, -0.25) is 9.59 Å². The first-order valence-electron chi connectivity index (χ1n) is 6.51. The molecule has 0 spiro atoms. The summed E-state index contributed by atoms with van der Waals surface area (Å²) in [5.74, 6) is -3.70. The second kappa shape index (κ2) is 4.32. The molecule has 0 radical (unpaired) electrons. The van der Waals surface area contributed by atoms with Crippen molar-refractivity contribution in [2.45, 2.75) is 19.8 Å². The zero-order chi connectivity index (χ0) is 15.4. The first kappa shape index (κ1) is 13.6. The average Bonchev–Trinajstić information content (AvgIpc) is 2.67. The molecule has 0 heterocycles. The van der Waals surface area contributed by atoms with Crippen LogP contribution in [0.2, 0.25) is 0 Å². The van der Waals surface area contributed by atoms with E-state index in [0.29, 0.717) is 11.1 Å². The van der Waals surface area contributed by atoms with Crippen LogP contribution >= 0.6 is 0 Å². The van der Waals surface area contributed by atoms with E-state index in [0.717, 1.165) is 0 Å². The van der Waals surface area contributed by atoms with Crippen LogP contribution in [-0.2, 0) is 5.92 Å². The molecule has 106 valence electrons. The monoisotopic (exact) mass is 286 g/mol. The summed E-state index contributed by atoms with van der Waals surface area (Å²) in [5.41, 5.74) is 0.989. The van der Waals surface area contributed by atoms with Gasteiger partial charge in [0.15, 0.2) is 11.6 Å². The molecule has 1 aliphatic carbocycles. The third-order valence-corrected chi connectivity index (χ3v) is 3.82. The largest absolute Gasteiger partial charge is 0.299 e. The van der Waals surface area contributed by atoms with Crippen molar-refractivity contribution in [2.75, 3.05) is 0 Å². The van der Waals surface area contributed by atoms with Crippen LogP contribution in [0.3, 0.4) is 0 Å². The quantitative estimate of drug-likeness (QED) is 0.775. The highest BCUT2D eigenvalue weighted by Gasteiger charge is 2.44. The topological polar surface area (TPSA) is 34.1 Å². The van der Waals surface area contributed by atoms with Crippen LogP contribution in [0, 0.1) is 0 Å². The van der Waals surface area contributed by atoms with Crippen LogP contribution in [0.5, 0.6) is 0 Å². The zero-order valence-corrected chi connectivity index (χ0v) is 11.5. The predicted molar refractivity (Wildman–Crippen MR) is 74.9 cm³/mol. The van der Waals surface area contributed by atoms with Crippen LogP contribution in [-0.4, -0.2) is 11.6 Å². The van der Waals surface area contributed by atoms with E-state index in [9.17, 15) is 18.4 Å². The number of fused-ring (bicyclic) bond motifs is 3. The Balaban J connectivity index is 2.26. The standard InChI is InChI=1S/C17H12F2O2/c1-9(20)11-3-5-13-14-6-4-12(10(2)21)8-16(14)17(18,19)15(13)7-11/h3-8H,1-2H3. The summed E-state index contributed by atoms with van der Waals surface area (Å²) in [6, 6.07) is 8.66. The highest BCUT2D eigenvalue weighted by molar-refractivity contribution is 5.97. The molecule has 0 aromatic heterocycles. The second-order valence-corrected chi connectivity index (χ2v) is 5.21. The fourth-order valence-electron chi connectivity index (χ4n) is 2.66. The Labute approximate surface area is 120 Å². The Kier molecular flexibility index (Phi) is 2.80. The van der Waals surface area contributed by atoms with Crippen molar-refractivity contribution in [1.29, 1.82) is 0 Å².